The molecule has 1 N–H and O–H groups in total. The molecule has 0 aliphatic carbocycles. The van der Waals surface area contributed by atoms with Crippen LogP contribution in [-0.4, -0.2) is 33.8 Å². The predicted octanol–water partition coefficient (Wildman–Crippen LogP) is 4.40. The Hall–Kier alpha value is -1.01. The van der Waals surface area contributed by atoms with E-state index in [-0.39, 0.29) is 31.2 Å². The molecule has 0 fully saturated rings. The second-order valence-corrected chi connectivity index (χ2v) is 6.67. The number of fused-ring (bicyclic) bond motifs is 1. The summed E-state index contributed by atoms with van der Waals surface area (Å²) >= 11 is 23.9. The summed E-state index contributed by atoms with van der Waals surface area (Å²) in [6, 6.07) is -1.34. The Bertz CT molecular complexity index is 687. The third kappa shape index (κ3) is 2.70. The maximum atomic E-state index is 12.6. The summed E-state index contributed by atoms with van der Waals surface area (Å²) in [6.45, 7) is 3.39. The Balaban J connectivity index is 2.69. The Morgan fingerprint density at radius 2 is 1.39 bits per heavy atom. The van der Waals surface area contributed by atoms with E-state index in [4.69, 9.17) is 46.4 Å². The lowest BCUT2D eigenvalue weighted by molar-refractivity contribution is -0.143. The van der Waals surface area contributed by atoms with Crippen molar-refractivity contribution >= 4 is 64.2 Å². The SMILES string of the molecule is CC[C@@H](C)[C@H](C(=O)O)N1C(=O)c2c(Cl)c(Cl)c(Cl)c(Cl)c2C1=O. The zero-order chi connectivity index (χ0) is 17.6. The minimum Gasteiger partial charge on any atom is -0.480 e. The standard InChI is InChI=1S/C14H11Cl4NO4/c1-3-4(2)11(14(22)23)19-12(20)5-6(13(19)21)8(16)10(18)9(17)7(5)15/h4,11H,3H2,1-2H3,(H,22,23)/t4-,11-/m1/s1. The van der Waals surface area contributed by atoms with E-state index in [9.17, 15) is 19.5 Å². The van der Waals surface area contributed by atoms with Crippen molar-refractivity contribution in [3.8, 4) is 0 Å². The van der Waals surface area contributed by atoms with Gasteiger partial charge in [-0.05, 0) is 5.92 Å². The predicted molar refractivity (Wildman–Crippen MR) is 87.9 cm³/mol. The number of imide groups is 1. The summed E-state index contributed by atoms with van der Waals surface area (Å²) in [7, 11) is 0. The first-order valence-corrected chi connectivity index (χ1v) is 8.12. The van der Waals surface area contributed by atoms with E-state index >= 15 is 0 Å². The third-order valence-electron chi connectivity index (χ3n) is 3.85. The van der Waals surface area contributed by atoms with Crippen LogP contribution in [0.15, 0.2) is 0 Å². The highest BCUT2D eigenvalue weighted by Gasteiger charge is 2.48. The lowest BCUT2D eigenvalue weighted by Gasteiger charge is -2.27. The monoisotopic (exact) mass is 397 g/mol. The van der Waals surface area contributed by atoms with Gasteiger partial charge in [0.15, 0.2) is 0 Å². The molecule has 1 aromatic carbocycles. The number of hydrogen-bond donors (Lipinski definition) is 1. The fourth-order valence-electron chi connectivity index (χ4n) is 2.45. The van der Waals surface area contributed by atoms with E-state index in [1.807, 2.05) is 0 Å². The first kappa shape index (κ1) is 18.3. The lowest BCUT2D eigenvalue weighted by Crippen LogP contribution is -2.48. The molecule has 124 valence electrons. The molecule has 1 aliphatic rings. The number of halogens is 4. The number of aliphatic carboxylic acids is 1. The summed E-state index contributed by atoms with van der Waals surface area (Å²) in [5, 5.41) is 8.68. The summed E-state index contributed by atoms with van der Waals surface area (Å²) in [5.41, 5.74) is -0.434. The van der Waals surface area contributed by atoms with Crippen molar-refractivity contribution in [3.05, 3.63) is 31.2 Å². The van der Waals surface area contributed by atoms with Crippen LogP contribution in [-0.2, 0) is 4.79 Å². The van der Waals surface area contributed by atoms with Gasteiger partial charge >= 0.3 is 5.97 Å². The normalized spacial score (nSPS) is 16.5. The quantitative estimate of drug-likeness (QED) is 0.463. The maximum Gasteiger partial charge on any atom is 0.327 e. The van der Waals surface area contributed by atoms with Crippen molar-refractivity contribution in [1.29, 1.82) is 0 Å². The van der Waals surface area contributed by atoms with Crippen LogP contribution in [0.3, 0.4) is 0 Å². The molecule has 0 saturated carbocycles. The number of benzene rings is 1. The Labute approximate surface area is 152 Å². The maximum absolute atomic E-state index is 12.6. The van der Waals surface area contributed by atoms with Gasteiger partial charge in [-0.25, -0.2) is 4.79 Å². The molecule has 0 unspecified atom stereocenters. The minimum atomic E-state index is -1.34. The Kier molecular flexibility index (Phi) is 5.16. The molecule has 0 spiro atoms. The van der Waals surface area contributed by atoms with Gasteiger partial charge in [0, 0.05) is 0 Å². The van der Waals surface area contributed by atoms with Crippen molar-refractivity contribution in [2.75, 3.05) is 0 Å². The average Bonchev–Trinajstić information content (AvgIpc) is 2.75. The molecular weight excluding hydrogens is 388 g/mol. The van der Waals surface area contributed by atoms with E-state index < -0.39 is 29.7 Å². The average molecular weight is 399 g/mol. The molecule has 1 heterocycles. The Morgan fingerprint density at radius 1 is 1.00 bits per heavy atom. The van der Waals surface area contributed by atoms with Crippen LogP contribution >= 0.6 is 46.4 Å². The number of nitrogens with zero attached hydrogens (tertiary/aromatic N) is 1. The number of carbonyl (C=O) groups excluding carboxylic acids is 2. The minimum absolute atomic E-state index is 0.157. The van der Waals surface area contributed by atoms with Gasteiger partial charge in [0.05, 0.1) is 31.2 Å². The van der Waals surface area contributed by atoms with Crippen LogP contribution in [0.1, 0.15) is 41.0 Å². The van der Waals surface area contributed by atoms with Crippen molar-refractivity contribution in [2.24, 2.45) is 5.92 Å². The largest absolute Gasteiger partial charge is 0.480 e. The van der Waals surface area contributed by atoms with Crippen LogP contribution in [0.25, 0.3) is 0 Å². The second kappa shape index (κ2) is 6.48. The van der Waals surface area contributed by atoms with Crippen LogP contribution < -0.4 is 0 Å². The van der Waals surface area contributed by atoms with Gasteiger partial charge in [0.25, 0.3) is 11.8 Å². The first-order valence-electron chi connectivity index (χ1n) is 6.61. The Morgan fingerprint density at radius 3 is 1.70 bits per heavy atom. The molecule has 0 aromatic heterocycles. The highest BCUT2D eigenvalue weighted by molar-refractivity contribution is 6.55. The second-order valence-electron chi connectivity index (χ2n) is 5.15. The molecule has 5 nitrogen and oxygen atoms in total. The number of rotatable bonds is 4. The van der Waals surface area contributed by atoms with Gasteiger partial charge in [0.1, 0.15) is 6.04 Å². The van der Waals surface area contributed by atoms with Crippen molar-refractivity contribution < 1.29 is 19.5 Å². The first-order chi connectivity index (χ1) is 10.6. The van der Waals surface area contributed by atoms with Gasteiger partial charge in [0.2, 0.25) is 0 Å². The van der Waals surface area contributed by atoms with E-state index in [1.165, 1.54) is 0 Å². The number of carboxylic acid groups (broad SMARTS) is 1. The molecular formula is C14H11Cl4NO4. The van der Waals surface area contributed by atoms with E-state index in [0.717, 1.165) is 0 Å². The fourth-order valence-corrected chi connectivity index (χ4v) is 3.47. The fraction of sp³-hybridized carbons (Fsp3) is 0.357. The molecule has 0 radical (unpaired) electrons. The van der Waals surface area contributed by atoms with Crippen LogP contribution in [0.5, 0.6) is 0 Å². The summed E-state index contributed by atoms with van der Waals surface area (Å²) in [5.74, 6) is -3.44. The summed E-state index contributed by atoms with van der Waals surface area (Å²) in [4.78, 5) is 37.4. The van der Waals surface area contributed by atoms with Crippen LogP contribution in [0.4, 0.5) is 0 Å². The molecule has 1 aromatic rings. The number of hydrogen-bond acceptors (Lipinski definition) is 3. The highest BCUT2D eigenvalue weighted by Crippen LogP contribution is 2.45. The molecule has 2 rings (SSSR count). The van der Waals surface area contributed by atoms with Gasteiger partial charge in [-0.2, -0.15) is 0 Å². The molecule has 2 amide bonds. The van der Waals surface area contributed by atoms with E-state index in [1.54, 1.807) is 13.8 Å². The molecule has 23 heavy (non-hydrogen) atoms. The van der Waals surface area contributed by atoms with E-state index in [0.29, 0.717) is 11.3 Å². The van der Waals surface area contributed by atoms with Gasteiger partial charge in [-0.1, -0.05) is 66.7 Å². The molecule has 0 saturated heterocycles. The zero-order valence-electron chi connectivity index (χ0n) is 12.0. The van der Waals surface area contributed by atoms with Crippen molar-refractivity contribution in [1.82, 2.24) is 4.90 Å². The topological polar surface area (TPSA) is 74.7 Å². The van der Waals surface area contributed by atoms with Crippen LogP contribution in [0.2, 0.25) is 20.1 Å². The van der Waals surface area contributed by atoms with Gasteiger partial charge < -0.3 is 5.11 Å². The van der Waals surface area contributed by atoms with Crippen molar-refractivity contribution in [2.45, 2.75) is 26.3 Å². The summed E-state index contributed by atoms with van der Waals surface area (Å²) in [6.07, 6.45) is 0.452. The number of carbonyl (C=O) groups is 3. The molecule has 1 aliphatic heterocycles. The summed E-state index contributed by atoms with van der Waals surface area (Å²) < 4.78 is 0. The molecule has 9 heteroatoms. The number of amides is 2. The van der Waals surface area contributed by atoms with Crippen molar-refractivity contribution in [3.63, 3.8) is 0 Å². The van der Waals surface area contributed by atoms with Crippen LogP contribution in [0, 0.1) is 5.92 Å². The third-order valence-corrected chi connectivity index (χ3v) is 5.65. The smallest absolute Gasteiger partial charge is 0.327 e. The van der Waals surface area contributed by atoms with Gasteiger partial charge in [-0.15, -0.1) is 0 Å². The zero-order valence-corrected chi connectivity index (χ0v) is 15.0. The van der Waals surface area contributed by atoms with E-state index in [2.05, 4.69) is 0 Å². The lowest BCUT2D eigenvalue weighted by atomic mass is 9.98. The van der Waals surface area contributed by atoms with Gasteiger partial charge in [-0.3, -0.25) is 14.5 Å². The number of carboxylic acids is 1. The molecule has 2 atom stereocenters. The highest BCUT2D eigenvalue weighted by atomic mass is 35.5. The molecule has 0 bridgehead atoms.